The van der Waals surface area contributed by atoms with Crippen LogP contribution >= 0.6 is 0 Å². The van der Waals surface area contributed by atoms with Crippen LogP contribution in [0, 0.1) is 6.92 Å². The lowest BCUT2D eigenvalue weighted by atomic mass is 10.1. The van der Waals surface area contributed by atoms with Gasteiger partial charge in [0.15, 0.2) is 0 Å². The zero-order valence-electron chi connectivity index (χ0n) is 20.7. The summed E-state index contributed by atoms with van der Waals surface area (Å²) >= 11 is 0. The number of carboxylic acid groups (broad SMARTS) is 1. The maximum atomic E-state index is 12.9. The summed E-state index contributed by atoms with van der Waals surface area (Å²) in [6.07, 6.45) is 0.716. The van der Waals surface area contributed by atoms with Gasteiger partial charge in [0.25, 0.3) is 0 Å². The van der Waals surface area contributed by atoms with Crippen molar-refractivity contribution in [3.8, 4) is 11.5 Å². The fraction of sp³-hybridized carbons (Fsp3) is 0.250. The molecule has 192 valence electrons. The molecule has 3 N–H and O–H groups in total. The Labute approximate surface area is 215 Å². The van der Waals surface area contributed by atoms with E-state index in [2.05, 4.69) is 10.6 Å². The summed E-state index contributed by atoms with van der Waals surface area (Å²) in [6, 6.07) is 18.6. The Balaban J connectivity index is 1.32. The normalized spacial score (nSPS) is 14.6. The number of urea groups is 1. The van der Waals surface area contributed by atoms with Crippen LogP contribution in [0.5, 0.6) is 11.5 Å². The smallest absolute Gasteiger partial charge is 0.335 e. The molecule has 0 bridgehead atoms. The summed E-state index contributed by atoms with van der Waals surface area (Å²) in [5.74, 6) is 0.00353. The van der Waals surface area contributed by atoms with Crippen molar-refractivity contribution in [3.05, 3.63) is 83.4 Å². The molecule has 0 aromatic heterocycles. The van der Waals surface area contributed by atoms with E-state index in [-0.39, 0.29) is 24.0 Å². The predicted molar refractivity (Wildman–Crippen MR) is 140 cm³/mol. The number of amides is 3. The van der Waals surface area contributed by atoms with E-state index in [0.29, 0.717) is 42.4 Å². The number of methoxy groups -OCH3 is 1. The van der Waals surface area contributed by atoms with Crippen LogP contribution in [0.2, 0.25) is 0 Å². The molecule has 3 amide bonds. The second-order valence-electron chi connectivity index (χ2n) is 8.80. The first kappa shape index (κ1) is 25.6. The van der Waals surface area contributed by atoms with Gasteiger partial charge < -0.3 is 30.1 Å². The van der Waals surface area contributed by atoms with E-state index in [1.54, 1.807) is 35.2 Å². The lowest BCUT2D eigenvalue weighted by molar-refractivity contribution is -0.129. The van der Waals surface area contributed by atoms with E-state index in [0.717, 1.165) is 11.1 Å². The minimum atomic E-state index is -0.991. The van der Waals surface area contributed by atoms with Crippen molar-refractivity contribution in [3.63, 3.8) is 0 Å². The van der Waals surface area contributed by atoms with Gasteiger partial charge in [-0.05, 0) is 60.5 Å². The second-order valence-corrected chi connectivity index (χ2v) is 8.80. The number of nitrogens with one attached hydrogen (secondary N) is 2. The Morgan fingerprint density at radius 2 is 1.73 bits per heavy atom. The van der Waals surface area contributed by atoms with Gasteiger partial charge in [-0.3, -0.25) is 4.79 Å². The van der Waals surface area contributed by atoms with Crippen molar-refractivity contribution >= 4 is 29.3 Å². The third-order valence-corrected chi connectivity index (χ3v) is 6.16. The highest BCUT2D eigenvalue weighted by Crippen LogP contribution is 2.27. The van der Waals surface area contributed by atoms with Crippen LogP contribution in [0.15, 0.2) is 66.7 Å². The number of carbonyl (C=O) groups excluding carboxylic acids is 2. The van der Waals surface area contributed by atoms with Gasteiger partial charge in [0.05, 0.1) is 31.3 Å². The topological polar surface area (TPSA) is 117 Å². The van der Waals surface area contributed by atoms with Crippen molar-refractivity contribution in [2.75, 3.05) is 30.8 Å². The molecule has 0 unspecified atom stereocenters. The highest BCUT2D eigenvalue weighted by Gasteiger charge is 2.28. The molecule has 1 fully saturated rings. The van der Waals surface area contributed by atoms with Crippen LogP contribution in [0.25, 0.3) is 0 Å². The van der Waals surface area contributed by atoms with Crippen molar-refractivity contribution in [2.45, 2.75) is 25.9 Å². The number of nitrogens with zero attached hydrogens (tertiary/aromatic N) is 1. The minimum Gasteiger partial charge on any atom is -0.495 e. The summed E-state index contributed by atoms with van der Waals surface area (Å²) in [4.78, 5) is 38.1. The number of aromatic carboxylic acids is 1. The Morgan fingerprint density at radius 1 is 1.00 bits per heavy atom. The molecule has 4 rings (SSSR count). The van der Waals surface area contributed by atoms with Crippen molar-refractivity contribution < 1.29 is 29.0 Å². The molecule has 1 atom stereocenters. The van der Waals surface area contributed by atoms with Crippen LogP contribution in [-0.4, -0.2) is 54.2 Å². The first-order chi connectivity index (χ1) is 17.8. The maximum absolute atomic E-state index is 12.9. The number of carbonyl (C=O) groups is 3. The third-order valence-electron chi connectivity index (χ3n) is 6.16. The van der Waals surface area contributed by atoms with Gasteiger partial charge in [-0.25, -0.2) is 9.59 Å². The SMILES string of the molecule is COc1cc(CC(=O)N2CC[C@H](Oc3ccc(C(=O)O)cc3)C2)ccc1NC(=O)Nc1ccccc1C. The van der Waals surface area contributed by atoms with Gasteiger partial charge in [-0.15, -0.1) is 0 Å². The molecule has 1 aliphatic rings. The lowest BCUT2D eigenvalue weighted by Crippen LogP contribution is -2.32. The zero-order valence-corrected chi connectivity index (χ0v) is 20.7. The standard InChI is InChI=1S/C28H29N3O6/c1-18-5-3-4-6-23(18)29-28(35)30-24-12-7-19(15-25(24)36-2)16-26(32)31-14-13-22(17-31)37-21-10-8-20(9-11-21)27(33)34/h3-12,15,22H,13-14,16-17H2,1-2H3,(H,33,34)(H2,29,30,35)/t22-/m0/s1. The molecule has 0 spiro atoms. The van der Waals surface area contributed by atoms with E-state index >= 15 is 0 Å². The molecule has 9 heteroatoms. The summed E-state index contributed by atoms with van der Waals surface area (Å²) in [7, 11) is 1.51. The Hall–Kier alpha value is -4.53. The quantitative estimate of drug-likeness (QED) is 0.415. The van der Waals surface area contributed by atoms with Crippen LogP contribution in [0.1, 0.15) is 27.9 Å². The Bertz CT molecular complexity index is 1290. The fourth-order valence-electron chi connectivity index (χ4n) is 4.14. The number of aryl methyl sites for hydroxylation is 1. The van der Waals surface area contributed by atoms with E-state index in [4.69, 9.17) is 14.6 Å². The van der Waals surface area contributed by atoms with Gasteiger partial charge in [0.1, 0.15) is 17.6 Å². The number of ether oxygens (including phenoxy) is 2. The van der Waals surface area contributed by atoms with Crippen LogP contribution < -0.4 is 20.1 Å². The van der Waals surface area contributed by atoms with Crippen molar-refractivity contribution in [1.82, 2.24) is 4.90 Å². The first-order valence-corrected chi connectivity index (χ1v) is 11.9. The van der Waals surface area contributed by atoms with Crippen molar-refractivity contribution in [1.29, 1.82) is 0 Å². The number of likely N-dealkylation sites (tertiary alicyclic amines) is 1. The average Bonchev–Trinajstić information content (AvgIpc) is 3.35. The summed E-state index contributed by atoms with van der Waals surface area (Å²) in [5, 5.41) is 14.6. The van der Waals surface area contributed by atoms with E-state index < -0.39 is 12.0 Å². The Kier molecular flexibility index (Phi) is 7.92. The van der Waals surface area contributed by atoms with E-state index in [1.165, 1.54) is 19.2 Å². The Morgan fingerprint density at radius 3 is 2.43 bits per heavy atom. The molecule has 0 radical (unpaired) electrons. The van der Waals surface area contributed by atoms with Crippen LogP contribution in [-0.2, 0) is 11.2 Å². The van der Waals surface area contributed by atoms with E-state index in [9.17, 15) is 14.4 Å². The molecule has 1 saturated heterocycles. The molecule has 1 aliphatic heterocycles. The molecule has 0 aliphatic carbocycles. The average molecular weight is 504 g/mol. The van der Waals surface area contributed by atoms with Crippen LogP contribution in [0.4, 0.5) is 16.2 Å². The summed E-state index contributed by atoms with van der Waals surface area (Å²) < 4.78 is 11.4. The molecule has 1 heterocycles. The zero-order chi connectivity index (χ0) is 26.4. The van der Waals surface area contributed by atoms with Gasteiger partial charge in [-0.1, -0.05) is 24.3 Å². The number of benzene rings is 3. The largest absolute Gasteiger partial charge is 0.495 e. The van der Waals surface area contributed by atoms with E-state index in [1.807, 2.05) is 31.2 Å². The minimum absolute atomic E-state index is 0.0348. The highest BCUT2D eigenvalue weighted by atomic mass is 16.5. The number of para-hydroxylation sites is 1. The molecule has 3 aromatic carbocycles. The molecular weight excluding hydrogens is 474 g/mol. The third kappa shape index (κ3) is 6.58. The summed E-state index contributed by atoms with van der Waals surface area (Å²) in [6.45, 7) is 2.94. The predicted octanol–water partition coefficient (Wildman–Crippen LogP) is 4.57. The second kappa shape index (κ2) is 11.5. The molecular formula is C28H29N3O6. The number of rotatable bonds is 8. The fourth-order valence-corrected chi connectivity index (χ4v) is 4.14. The first-order valence-electron chi connectivity index (χ1n) is 11.9. The van der Waals surface area contributed by atoms with Gasteiger partial charge >= 0.3 is 12.0 Å². The summed E-state index contributed by atoms with van der Waals surface area (Å²) in [5.41, 5.74) is 3.11. The highest BCUT2D eigenvalue weighted by molar-refractivity contribution is 6.01. The number of anilines is 2. The molecule has 9 nitrogen and oxygen atoms in total. The van der Waals surface area contributed by atoms with Gasteiger partial charge in [0.2, 0.25) is 5.91 Å². The number of carboxylic acids is 1. The lowest BCUT2D eigenvalue weighted by Gasteiger charge is -2.18. The van der Waals surface area contributed by atoms with Gasteiger partial charge in [0, 0.05) is 18.7 Å². The van der Waals surface area contributed by atoms with Crippen molar-refractivity contribution in [2.24, 2.45) is 0 Å². The van der Waals surface area contributed by atoms with Gasteiger partial charge in [-0.2, -0.15) is 0 Å². The van der Waals surface area contributed by atoms with Crippen LogP contribution in [0.3, 0.4) is 0 Å². The number of hydrogen-bond donors (Lipinski definition) is 3. The monoisotopic (exact) mass is 503 g/mol. The number of hydrogen-bond acceptors (Lipinski definition) is 5. The molecule has 3 aromatic rings. The molecule has 0 saturated carbocycles. The molecule has 37 heavy (non-hydrogen) atoms. The maximum Gasteiger partial charge on any atom is 0.335 e.